The number of hydrogen-bond acceptors (Lipinski definition) is 5. The SMILES string of the molecule is CCC[C@@H](N[C@H]1CCc2cc(F)cc(F)c2C1)C(=O)Nc1cn(-c2ccccc2CNC2CCN(C(=O)C(F)(F)F)CC2)cn1. The van der Waals surface area contributed by atoms with Gasteiger partial charge in [-0.15, -0.1) is 0 Å². The van der Waals surface area contributed by atoms with Gasteiger partial charge in [-0.05, 0) is 67.3 Å². The summed E-state index contributed by atoms with van der Waals surface area (Å²) in [5.74, 6) is -2.82. The number of aryl methyl sites for hydroxylation is 1. The van der Waals surface area contributed by atoms with Crippen LogP contribution in [0, 0.1) is 11.6 Å². The fraction of sp³-hybridized carbons (Fsp3) is 0.469. The maximum absolute atomic E-state index is 14.4. The van der Waals surface area contributed by atoms with E-state index in [1.807, 2.05) is 31.2 Å². The number of nitrogens with zero attached hydrogens (tertiary/aromatic N) is 3. The molecule has 45 heavy (non-hydrogen) atoms. The van der Waals surface area contributed by atoms with Crippen LogP contribution < -0.4 is 16.0 Å². The van der Waals surface area contributed by atoms with Gasteiger partial charge >= 0.3 is 12.1 Å². The number of amides is 2. The lowest BCUT2D eigenvalue weighted by Gasteiger charge is -2.33. The summed E-state index contributed by atoms with van der Waals surface area (Å²) in [7, 11) is 0. The van der Waals surface area contributed by atoms with E-state index in [2.05, 4.69) is 20.9 Å². The van der Waals surface area contributed by atoms with E-state index in [-0.39, 0.29) is 31.1 Å². The van der Waals surface area contributed by atoms with E-state index in [0.717, 1.165) is 28.6 Å². The molecule has 2 heterocycles. The first-order valence-corrected chi connectivity index (χ1v) is 15.3. The zero-order valence-corrected chi connectivity index (χ0v) is 25.0. The molecule has 1 aliphatic carbocycles. The topological polar surface area (TPSA) is 91.3 Å². The molecular formula is C32H37F5N6O2. The van der Waals surface area contributed by atoms with Crippen LogP contribution >= 0.6 is 0 Å². The van der Waals surface area contributed by atoms with Gasteiger partial charge in [0.15, 0.2) is 5.82 Å². The molecular weight excluding hydrogens is 595 g/mol. The highest BCUT2D eigenvalue weighted by Gasteiger charge is 2.43. The van der Waals surface area contributed by atoms with Crippen LogP contribution in [0.3, 0.4) is 0 Å². The van der Waals surface area contributed by atoms with Gasteiger partial charge in [-0.2, -0.15) is 13.2 Å². The maximum Gasteiger partial charge on any atom is 0.471 e. The molecule has 1 fully saturated rings. The summed E-state index contributed by atoms with van der Waals surface area (Å²) in [6.07, 6.45) is 2.16. The Morgan fingerprint density at radius 1 is 1.07 bits per heavy atom. The van der Waals surface area contributed by atoms with Gasteiger partial charge in [0.1, 0.15) is 18.0 Å². The minimum atomic E-state index is -4.86. The van der Waals surface area contributed by atoms with Gasteiger partial charge in [0, 0.05) is 37.8 Å². The van der Waals surface area contributed by atoms with Crippen LogP contribution in [-0.2, 0) is 29.0 Å². The number of anilines is 1. The molecule has 0 spiro atoms. The van der Waals surface area contributed by atoms with Gasteiger partial charge in [0.25, 0.3) is 0 Å². The number of para-hydroxylation sites is 1. The number of halogens is 5. The van der Waals surface area contributed by atoms with Crippen molar-refractivity contribution < 1.29 is 31.5 Å². The van der Waals surface area contributed by atoms with Gasteiger partial charge in [-0.3, -0.25) is 9.59 Å². The van der Waals surface area contributed by atoms with Crippen molar-refractivity contribution in [3.05, 3.63) is 77.2 Å². The molecule has 3 aromatic rings. The molecule has 2 aliphatic rings. The Labute approximate surface area is 258 Å². The Kier molecular flexibility index (Phi) is 10.2. The van der Waals surface area contributed by atoms with Crippen molar-refractivity contribution in [2.75, 3.05) is 18.4 Å². The number of piperidine rings is 1. The monoisotopic (exact) mass is 632 g/mol. The Morgan fingerprint density at radius 2 is 1.82 bits per heavy atom. The number of aromatic nitrogens is 2. The van der Waals surface area contributed by atoms with Crippen molar-refractivity contribution in [1.82, 2.24) is 25.1 Å². The van der Waals surface area contributed by atoms with Crippen molar-refractivity contribution in [1.29, 1.82) is 0 Å². The highest BCUT2D eigenvalue weighted by atomic mass is 19.4. The van der Waals surface area contributed by atoms with Crippen LogP contribution in [0.15, 0.2) is 48.9 Å². The van der Waals surface area contributed by atoms with Gasteiger partial charge in [0.2, 0.25) is 5.91 Å². The number of rotatable bonds is 10. The van der Waals surface area contributed by atoms with Crippen LogP contribution in [0.25, 0.3) is 5.69 Å². The van der Waals surface area contributed by atoms with Gasteiger partial charge in [0.05, 0.1) is 17.9 Å². The van der Waals surface area contributed by atoms with Gasteiger partial charge in [-0.1, -0.05) is 31.5 Å². The van der Waals surface area contributed by atoms with E-state index in [1.165, 1.54) is 6.07 Å². The minimum absolute atomic E-state index is 0.0359. The molecule has 242 valence electrons. The molecule has 0 radical (unpaired) electrons. The molecule has 0 saturated carbocycles. The molecule has 0 bridgehead atoms. The molecule has 1 aromatic heterocycles. The van der Waals surface area contributed by atoms with Crippen molar-refractivity contribution in [2.45, 2.75) is 82.7 Å². The highest BCUT2D eigenvalue weighted by molar-refractivity contribution is 5.94. The number of imidazole rings is 1. The van der Waals surface area contributed by atoms with Crippen molar-refractivity contribution in [3.8, 4) is 5.69 Å². The number of likely N-dealkylation sites (tertiary alicyclic amines) is 1. The van der Waals surface area contributed by atoms with Crippen LogP contribution in [-0.4, -0.2) is 63.7 Å². The normalized spacial score (nSPS) is 18.0. The zero-order valence-electron chi connectivity index (χ0n) is 25.0. The quantitative estimate of drug-likeness (QED) is 0.273. The number of carbonyl (C=O) groups excluding carboxylic acids is 2. The molecule has 8 nitrogen and oxygen atoms in total. The van der Waals surface area contributed by atoms with E-state index in [1.54, 1.807) is 17.1 Å². The van der Waals surface area contributed by atoms with Gasteiger partial charge < -0.3 is 25.4 Å². The van der Waals surface area contributed by atoms with Crippen molar-refractivity contribution in [2.24, 2.45) is 0 Å². The summed E-state index contributed by atoms with van der Waals surface area (Å²) in [5.41, 5.74) is 2.91. The number of nitrogens with one attached hydrogen (secondary N) is 3. The summed E-state index contributed by atoms with van der Waals surface area (Å²) >= 11 is 0. The second-order valence-corrected chi connectivity index (χ2v) is 11.7. The summed E-state index contributed by atoms with van der Waals surface area (Å²) in [6.45, 7) is 2.52. The van der Waals surface area contributed by atoms with E-state index in [0.29, 0.717) is 62.0 Å². The minimum Gasteiger partial charge on any atom is -0.335 e. The summed E-state index contributed by atoms with van der Waals surface area (Å²) in [5, 5.41) is 9.66. The fourth-order valence-corrected chi connectivity index (χ4v) is 6.16. The Morgan fingerprint density at radius 3 is 2.56 bits per heavy atom. The first-order valence-electron chi connectivity index (χ1n) is 15.3. The third-order valence-corrected chi connectivity index (χ3v) is 8.51. The smallest absolute Gasteiger partial charge is 0.335 e. The zero-order chi connectivity index (χ0) is 32.1. The summed E-state index contributed by atoms with van der Waals surface area (Å²) in [6, 6.07) is 9.19. The average molecular weight is 633 g/mol. The molecule has 0 unspecified atom stereocenters. The standard InChI is InChI=1S/C32H37F5N6O2/c1-2-5-27(40-24-9-8-20-14-22(33)15-26(34)25(20)16-24)30(44)41-29-18-43(19-39-29)28-7-4-3-6-21(28)17-38-23-10-12-42(13-11-23)31(45)32(35,36)37/h3-4,6-7,14-15,18-19,23-24,27,38,40H,2,5,8-13,16-17H2,1H3,(H,41,44)/t24-,27+/m0/s1. The molecule has 2 amide bonds. The Bertz CT molecular complexity index is 1500. The average Bonchev–Trinajstić information content (AvgIpc) is 3.47. The van der Waals surface area contributed by atoms with Crippen LogP contribution in [0.4, 0.5) is 27.8 Å². The van der Waals surface area contributed by atoms with Gasteiger partial charge in [-0.25, -0.2) is 13.8 Å². The molecule has 13 heteroatoms. The lowest BCUT2D eigenvalue weighted by Crippen LogP contribution is -2.48. The Balaban J connectivity index is 1.17. The number of benzene rings is 2. The first-order chi connectivity index (χ1) is 21.5. The lowest BCUT2D eigenvalue weighted by molar-refractivity contribution is -0.186. The highest BCUT2D eigenvalue weighted by Crippen LogP contribution is 2.26. The summed E-state index contributed by atoms with van der Waals surface area (Å²) in [4.78, 5) is 30.0. The lowest BCUT2D eigenvalue weighted by atomic mass is 9.87. The van der Waals surface area contributed by atoms with Crippen LogP contribution in [0.5, 0.6) is 0 Å². The van der Waals surface area contributed by atoms with Crippen molar-refractivity contribution >= 4 is 17.6 Å². The largest absolute Gasteiger partial charge is 0.471 e. The Hall–Kier alpha value is -3.84. The maximum atomic E-state index is 14.4. The molecule has 1 aliphatic heterocycles. The second-order valence-electron chi connectivity index (χ2n) is 11.7. The van der Waals surface area contributed by atoms with Crippen molar-refractivity contribution in [3.63, 3.8) is 0 Å². The van der Waals surface area contributed by atoms with Crippen LogP contribution in [0.2, 0.25) is 0 Å². The van der Waals surface area contributed by atoms with Crippen LogP contribution in [0.1, 0.15) is 55.7 Å². The first kappa shape index (κ1) is 32.6. The van der Waals surface area contributed by atoms with E-state index < -0.39 is 29.8 Å². The third kappa shape index (κ3) is 8.06. The van der Waals surface area contributed by atoms with E-state index >= 15 is 0 Å². The molecule has 3 N–H and O–H groups in total. The predicted molar refractivity (Wildman–Crippen MR) is 159 cm³/mol. The molecule has 5 rings (SSSR count). The van der Waals surface area contributed by atoms with E-state index in [9.17, 15) is 31.5 Å². The molecule has 2 aromatic carbocycles. The number of fused-ring (bicyclic) bond motifs is 1. The number of carbonyl (C=O) groups is 2. The summed E-state index contributed by atoms with van der Waals surface area (Å²) < 4.78 is 68.1. The fourth-order valence-electron chi connectivity index (χ4n) is 6.16. The predicted octanol–water partition coefficient (Wildman–Crippen LogP) is 5.05. The second kappa shape index (κ2) is 14.1. The van der Waals surface area contributed by atoms with E-state index in [4.69, 9.17) is 0 Å². The molecule has 2 atom stereocenters. The number of hydrogen-bond donors (Lipinski definition) is 3. The third-order valence-electron chi connectivity index (χ3n) is 8.51. The molecule has 1 saturated heterocycles. The number of alkyl halides is 3.